The quantitative estimate of drug-likeness (QED) is 0.881. The molecular formula is C12H12ClFN2O2. The molecule has 0 atom stereocenters. The number of nitrogens with zero attached hydrogens (tertiary/aromatic N) is 1. The zero-order chi connectivity index (χ0) is 13.1. The van der Waals surface area contributed by atoms with Gasteiger partial charge in [0.2, 0.25) is 11.8 Å². The molecule has 1 saturated heterocycles. The lowest BCUT2D eigenvalue weighted by Gasteiger charge is -2.20. The van der Waals surface area contributed by atoms with Gasteiger partial charge in [-0.05, 0) is 11.6 Å². The molecule has 0 spiro atoms. The van der Waals surface area contributed by atoms with Crippen molar-refractivity contribution in [1.29, 1.82) is 0 Å². The van der Waals surface area contributed by atoms with Crippen LogP contribution in [0, 0.1) is 5.82 Å². The molecule has 2 amide bonds. The van der Waals surface area contributed by atoms with Gasteiger partial charge in [0.05, 0.1) is 11.6 Å². The standard InChI is InChI=1S/C12H12ClFN2O2/c13-12-8(2-1-3-9(12)14)7-16-5-4-10(17)15-6-11(16)18/h1-3H,4-7H2,(H,15,17). The minimum atomic E-state index is -0.509. The minimum absolute atomic E-state index is 0.0221. The van der Waals surface area contributed by atoms with E-state index in [-0.39, 0.29) is 36.3 Å². The molecule has 1 aliphatic rings. The summed E-state index contributed by atoms with van der Waals surface area (Å²) in [6, 6.07) is 4.47. The highest BCUT2D eigenvalue weighted by Crippen LogP contribution is 2.21. The summed E-state index contributed by atoms with van der Waals surface area (Å²) in [6.45, 7) is 0.508. The first-order chi connectivity index (χ1) is 8.58. The maximum Gasteiger partial charge on any atom is 0.242 e. The van der Waals surface area contributed by atoms with Gasteiger partial charge in [-0.25, -0.2) is 4.39 Å². The average Bonchev–Trinajstić information content (AvgIpc) is 2.50. The van der Waals surface area contributed by atoms with Crippen LogP contribution in [0.5, 0.6) is 0 Å². The Kier molecular flexibility index (Phi) is 3.81. The molecule has 0 aliphatic carbocycles. The van der Waals surface area contributed by atoms with Crippen molar-refractivity contribution in [2.24, 2.45) is 0 Å². The van der Waals surface area contributed by atoms with Crippen LogP contribution in [-0.4, -0.2) is 29.8 Å². The van der Waals surface area contributed by atoms with Gasteiger partial charge in [0, 0.05) is 19.5 Å². The molecule has 6 heteroatoms. The van der Waals surface area contributed by atoms with Crippen LogP contribution in [0.25, 0.3) is 0 Å². The van der Waals surface area contributed by atoms with E-state index in [4.69, 9.17) is 11.6 Å². The largest absolute Gasteiger partial charge is 0.347 e. The fourth-order valence-electron chi connectivity index (χ4n) is 1.78. The fraction of sp³-hybridized carbons (Fsp3) is 0.333. The van der Waals surface area contributed by atoms with Gasteiger partial charge in [-0.15, -0.1) is 0 Å². The number of halogens is 2. The number of rotatable bonds is 2. The number of carbonyl (C=O) groups is 2. The minimum Gasteiger partial charge on any atom is -0.347 e. The number of benzene rings is 1. The molecule has 0 unspecified atom stereocenters. The summed E-state index contributed by atoms with van der Waals surface area (Å²) in [5.41, 5.74) is 0.541. The van der Waals surface area contributed by atoms with Crippen LogP contribution in [0.2, 0.25) is 5.02 Å². The lowest BCUT2D eigenvalue weighted by Crippen LogP contribution is -2.34. The Balaban J connectivity index is 2.14. The van der Waals surface area contributed by atoms with Crippen LogP contribution in [0.4, 0.5) is 4.39 Å². The second kappa shape index (κ2) is 5.35. The molecule has 0 radical (unpaired) electrons. The Morgan fingerprint density at radius 1 is 1.39 bits per heavy atom. The molecule has 2 rings (SSSR count). The van der Waals surface area contributed by atoms with Crippen molar-refractivity contribution in [3.05, 3.63) is 34.6 Å². The van der Waals surface area contributed by atoms with Crippen molar-refractivity contribution in [3.63, 3.8) is 0 Å². The topological polar surface area (TPSA) is 49.4 Å². The van der Waals surface area contributed by atoms with Gasteiger partial charge in [-0.1, -0.05) is 23.7 Å². The van der Waals surface area contributed by atoms with E-state index in [1.807, 2.05) is 0 Å². The van der Waals surface area contributed by atoms with Crippen molar-refractivity contribution in [2.75, 3.05) is 13.1 Å². The first-order valence-electron chi connectivity index (χ1n) is 5.55. The van der Waals surface area contributed by atoms with Crippen molar-refractivity contribution in [1.82, 2.24) is 10.2 Å². The van der Waals surface area contributed by atoms with Crippen LogP contribution < -0.4 is 5.32 Å². The lowest BCUT2D eigenvalue weighted by molar-refractivity contribution is -0.130. The normalized spacial score (nSPS) is 16.4. The monoisotopic (exact) mass is 270 g/mol. The molecule has 96 valence electrons. The van der Waals surface area contributed by atoms with Crippen LogP contribution in [0.1, 0.15) is 12.0 Å². The maximum atomic E-state index is 13.3. The van der Waals surface area contributed by atoms with E-state index in [2.05, 4.69) is 5.32 Å². The Labute approximate surface area is 109 Å². The molecule has 1 aromatic rings. The van der Waals surface area contributed by atoms with Crippen molar-refractivity contribution in [3.8, 4) is 0 Å². The van der Waals surface area contributed by atoms with E-state index in [0.717, 1.165) is 0 Å². The van der Waals surface area contributed by atoms with E-state index in [9.17, 15) is 14.0 Å². The van der Waals surface area contributed by atoms with Crippen LogP contribution in [0.15, 0.2) is 18.2 Å². The lowest BCUT2D eigenvalue weighted by atomic mass is 10.2. The van der Waals surface area contributed by atoms with Gasteiger partial charge in [0.15, 0.2) is 0 Å². The number of amides is 2. The summed E-state index contributed by atoms with van der Waals surface area (Å²) in [4.78, 5) is 24.4. The number of hydrogen-bond donors (Lipinski definition) is 1. The molecule has 1 fully saturated rings. The van der Waals surface area contributed by atoms with E-state index >= 15 is 0 Å². The van der Waals surface area contributed by atoms with E-state index < -0.39 is 5.82 Å². The Hall–Kier alpha value is -1.62. The maximum absolute atomic E-state index is 13.3. The van der Waals surface area contributed by atoms with Gasteiger partial charge in [-0.3, -0.25) is 9.59 Å². The zero-order valence-corrected chi connectivity index (χ0v) is 10.3. The molecule has 1 aromatic carbocycles. The predicted octanol–water partition coefficient (Wildman–Crippen LogP) is 1.33. The van der Waals surface area contributed by atoms with Gasteiger partial charge < -0.3 is 10.2 Å². The summed E-state index contributed by atoms with van der Waals surface area (Å²) < 4.78 is 13.3. The molecule has 0 bridgehead atoms. The third kappa shape index (κ3) is 2.79. The third-order valence-electron chi connectivity index (χ3n) is 2.79. The number of carbonyl (C=O) groups excluding carboxylic acids is 2. The SMILES string of the molecule is O=C1CCN(Cc2cccc(F)c2Cl)C(=O)CN1. The Morgan fingerprint density at radius 2 is 2.17 bits per heavy atom. The molecule has 18 heavy (non-hydrogen) atoms. The molecule has 4 nitrogen and oxygen atoms in total. The number of nitrogens with one attached hydrogen (secondary N) is 1. The molecular weight excluding hydrogens is 259 g/mol. The van der Waals surface area contributed by atoms with Crippen LogP contribution >= 0.6 is 11.6 Å². The molecule has 1 heterocycles. The van der Waals surface area contributed by atoms with Gasteiger partial charge in [0.25, 0.3) is 0 Å². The molecule has 0 saturated carbocycles. The van der Waals surface area contributed by atoms with Gasteiger partial charge in [-0.2, -0.15) is 0 Å². The highest BCUT2D eigenvalue weighted by Gasteiger charge is 2.21. The molecule has 0 aromatic heterocycles. The summed E-state index contributed by atoms with van der Waals surface area (Å²) in [5, 5.41) is 2.52. The van der Waals surface area contributed by atoms with E-state index in [1.54, 1.807) is 12.1 Å². The van der Waals surface area contributed by atoms with Gasteiger partial charge >= 0.3 is 0 Å². The summed E-state index contributed by atoms with van der Waals surface area (Å²) in [6.07, 6.45) is 0.249. The molecule has 1 N–H and O–H groups in total. The first-order valence-corrected chi connectivity index (χ1v) is 5.93. The average molecular weight is 271 g/mol. The summed E-state index contributed by atoms with van der Waals surface area (Å²) >= 11 is 5.83. The predicted molar refractivity (Wildman–Crippen MR) is 64.5 cm³/mol. The van der Waals surface area contributed by atoms with Gasteiger partial charge in [0.1, 0.15) is 5.82 Å². The smallest absolute Gasteiger partial charge is 0.242 e. The van der Waals surface area contributed by atoms with Crippen molar-refractivity contribution >= 4 is 23.4 Å². The summed E-state index contributed by atoms with van der Waals surface area (Å²) in [7, 11) is 0. The van der Waals surface area contributed by atoms with Crippen molar-refractivity contribution in [2.45, 2.75) is 13.0 Å². The Morgan fingerprint density at radius 3 is 2.94 bits per heavy atom. The number of hydrogen-bond acceptors (Lipinski definition) is 2. The van der Waals surface area contributed by atoms with E-state index in [1.165, 1.54) is 11.0 Å². The van der Waals surface area contributed by atoms with Crippen LogP contribution in [-0.2, 0) is 16.1 Å². The fourth-order valence-corrected chi connectivity index (χ4v) is 1.96. The second-order valence-electron chi connectivity index (χ2n) is 4.05. The third-order valence-corrected chi connectivity index (χ3v) is 3.21. The first kappa shape index (κ1) is 12.8. The molecule has 1 aliphatic heterocycles. The van der Waals surface area contributed by atoms with Crippen LogP contribution in [0.3, 0.4) is 0 Å². The Bertz CT molecular complexity index is 493. The zero-order valence-electron chi connectivity index (χ0n) is 9.58. The van der Waals surface area contributed by atoms with Crippen molar-refractivity contribution < 1.29 is 14.0 Å². The van der Waals surface area contributed by atoms with E-state index in [0.29, 0.717) is 12.1 Å². The second-order valence-corrected chi connectivity index (χ2v) is 4.43. The highest BCUT2D eigenvalue weighted by atomic mass is 35.5. The highest BCUT2D eigenvalue weighted by molar-refractivity contribution is 6.31. The summed E-state index contributed by atoms with van der Waals surface area (Å²) in [5.74, 6) is -0.858.